The molecule has 1 aromatic heterocycles. The van der Waals surface area contributed by atoms with E-state index in [1.165, 1.54) is 18.3 Å². The topological polar surface area (TPSA) is 118 Å². The van der Waals surface area contributed by atoms with Crippen LogP contribution in [-0.4, -0.2) is 65.5 Å². The molecule has 0 saturated carbocycles. The van der Waals surface area contributed by atoms with Crippen molar-refractivity contribution in [2.24, 2.45) is 0 Å². The van der Waals surface area contributed by atoms with E-state index >= 15 is 0 Å². The average Bonchev–Trinajstić information content (AvgIpc) is 2.79. The minimum absolute atomic E-state index is 0.134. The van der Waals surface area contributed by atoms with E-state index < -0.39 is 16.9 Å². The largest absolute Gasteiger partial charge is 0.462 e. The molecule has 2 heterocycles. The first-order valence-electron chi connectivity index (χ1n) is 10.1. The van der Waals surface area contributed by atoms with Crippen LogP contribution in [0.15, 0.2) is 42.6 Å². The number of esters is 1. The Morgan fingerprint density at radius 1 is 1.19 bits per heavy atom. The Kier molecular flexibility index (Phi) is 7.14. The second kappa shape index (κ2) is 9.98. The number of rotatable bonds is 7. The van der Waals surface area contributed by atoms with Gasteiger partial charge in [-0.3, -0.25) is 19.8 Å². The van der Waals surface area contributed by atoms with Crippen LogP contribution in [0.1, 0.15) is 24.2 Å². The molecule has 1 aliphatic heterocycles. The first-order valence-corrected chi connectivity index (χ1v) is 10.1. The van der Waals surface area contributed by atoms with Gasteiger partial charge in [0.05, 0.1) is 23.1 Å². The van der Waals surface area contributed by atoms with Crippen LogP contribution in [0.4, 0.5) is 17.2 Å². The molecular weight excluding hydrogens is 402 g/mol. The minimum atomic E-state index is -0.515. The Labute approximate surface area is 180 Å². The van der Waals surface area contributed by atoms with E-state index in [0.717, 1.165) is 5.82 Å². The second-order valence-electron chi connectivity index (χ2n) is 7.09. The van der Waals surface area contributed by atoms with Gasteiger partial charge in [0, 0.05) is 38.4 Å². The van der Waals surface area contributed by atoms with Crippen molar-refractivity contribution >= 4 is 29.1 Å². The summed E-state index contributed by atoms with van der Waals surface area (Å²) in [5.41, 5.74) is 0.462. The molecule has 1 fully saturated rings. The number of nitro groups is 1. The van der Waals surface area contributed by atoms with E-state index in [2.05, 4.69) is 15.2 Å². The fraction of sp³-hybridized carbons (Fsp3) is 0.381. The molecular formula is C21H25N5O5. The molecule has 164 valence electrons. The van der Waals surface area contributed by atoms with Gasteiger partial charge in [-0.15, -0.1) is 0 Å². The van der Waals surface area contributed by atoms with Gasteiger partial charge in [0.15, 0.2) is 0 Å². The first kappa shape index (κ1) is 22.2. The van der Waals surface area contributed by atoms with Crippen LogP contribution < -0.4 is 10.2 Å². The lowest BCUT2D eigenvalue weighted by Crippen LogP contribution is -2.53. The van der Waals surface area contributed by atoms with Gasteiger partial charge in [-0.25, -0.2) is 9.78 Å². The number of benzene rings is 1. The molecule has 2 aromatic rings. The molecule has 3 rings (SSSR count). The predicted octanol–water partition coefficient (Wildman–Crippen LogP) is 2.32. The second-order valence-corrected chi connectivity index (χ2v) is 7.09. The van der Waals surface area contributed by atoms with Crippen molar-refractivity contribution in [3.05, 3.63) is 58.3 Å². The van der Waals surface area contributed by atoms with Crippen LogP contribution in [0, 0.1) is 10.1 Å². The molecule has 0 radical (unpaired) electrons. The summed E-state index contributed by atoms with van der Waals surface area (Å²) in [5, 5.41) is 13.8. The zero-order valence-electron chi connectivity index (χ0n) is 17.5. The van der Waals surface area contributed by atoms with Gasteiger partial charge in [0.25, 0.3) is 5.69 Å². The number of ether oxygens (including phenoxy) is 1. The summed E-state index contributed by atoms with van der Waals surface area (Å²) in [6, 6.07) is 9.12. The highest BCUT2D eigenvalue weighted by Crippen LogP contribution is 2.24. The van der Waals surface area contributed by atoms with Crippen molar-refractivity contribution in [2.45, 2.75) is 19.9 Å². The number of amides is 1. The van der Waals surface area contributed by atoms with E-state index in [0.29, 0.717) is 38.3 Å². The number of piperazine rings is 1. The van der Waals surface area contributed by atoms with Crippen LogP contribution in [0.3, 0.4) is 0 Å². The number of hydrogen-bond donors (Lipinski definition) is 1. The van der Waals surface area contributed by atoms with Crippen LogP contribution in [0.25, 0.3) is 0 Å². The SMILES string of the molecule is CCOC(=O)c1ccc(N2CCN(C(C)C(=O)Nc3ccccc3[N+](=O)[O-])CC2)nc1. The van der Waals surface area contributed by atoms with E-state index in [1.54, 1.807) is 38.1 Å². The molecule has 1 aromatic carbocycles. The fourth-order valence-corrected chi connectivity index (χ4v) is 3.39. The number of hydrogen-bond acceptors (Lipinski definition) is 8. The molecule has 31 heavy (non-hydrogen) atoms. The number of para-hydroxylation sites is 2. The summed E-state index contributed by atoms with van der Waals surface area (Å²) in [4.78, 5) is 43.5. The molecule has 1 saturated heterocycles. The van der Waals surface area contributed by atoms with Gasteiger partial charge >= 0.3 is 5.97 Å². The van der Waals surface area contributed by atoms with Crippen molar-refractivity contribution in [2.75, 3.05) is 43.0 Å². The van der Waals surface area contributed by atoms with Crippen LogP contribution in [0.5, 0.6) is 0 Å². The molecule has 0 aliphatic carbocycles. The number of aromatic nitrogens is 1. The lowest BCUT2D eigenvalue weighted by Gasteiger charge is -2.37. The maximum absolute atomic E-state index is 12.6. The summed E-state index contributed by atoms with van der Waals surface area (Å²) >= 11 is 0. The Bertz CT molecular complexity index is 941. The van der Waals surface area contributed by atoms with Gasteiger partial charge in [-0.05, 0) is 32.0 Å². The van der Waals surface area contributed by atoms with Crippen molar-refractivity contribution in [1.82, 2.24) is 9.88 Å². The molecule has 10 heteroatoms. The third-order valence-electron chi connectivity index (χ3n) is 5.18. The van der Waals surface area contributed by atoms with Crippen molar-refractivity contribution in [3.8, 4) is 0 Å². The minimum Gasteiger partial charge on any atom is -0.462 e. The maximum Gasteiger partial charge on any atom is 0.339 e. The molecule has 1 amide bonds. The predicted molar refractivity (Wildman–Crippen MR) is 115 cm³/mol. The lowest BCUT2D eigenvalue weighted by atomic mass is 10.2. The van der Waals surface area contributed by atoms with E-state index in [4.69, 9.17) is 4.74 Å². The number of nitrogens with one attached hydrogen (secondary N) is 1. The highest BCUT2D eigenvalue weighted by molar-refractivity contribution is 5.96. The van der Waals surface area contributed by atoms with Crippen molar-refractivity contribution < 1.29 is 19.2 Å². The number of carbonyl (C=O) groups excluding carboxylic acids is 2. The average molecular weight is 427 g/mol. The van der Waals surface area contributed by atoms with Crippen molar-refractivity contribution in [1.29, 1.82) is 0 Å². The standard InChI is InChI=1S/C21H25N5O5/c1-3-31-21(28)16-8-9-19(22-14-16)25-12-10-24(11-13-25)15(2)20(27)23-17-6-4-5-7-18(17)26(29)30/h4-9,14-15H,3,10-13H2,1-2H3,(H,23,27). The summed E-state index contributed by atoms with van der Waals surface area (Å²) in [6.07, 6.45) is 1.50. The van der Waals surface area contributed by atoms with Gasteiger partial charge in [0.1, 0.15) is 11.5 Å². The zero-order valence-corrected chi connectivity index (χ0v) is 17.5. The molecule has 0 bridgehead atoms. The van der Waals surface area contributed by atoms with Gasteiger partial charge in [0.2, 0.25) is 5.91 Å². The van der Waals surface area contributed by atoms with Crippen molar-refractivity contribution in [3.63, 3.8) is 0 Å². The molecule has 1 N–H and O–H groups in total. The number of carbonyl (C=O) groups is 2. The summed E-state index contributed by atoms with van der Waals surface area (Å²) < 4.78 is 4.96. The molecule has 0 spiro atoms. The summed E-state index contributed by atoms with van der Waals surface area (Å²) in [6.45, 7) is 6.43. The first-order chi connectivity index (χ1) is 14.9. The highest BCUT2D eigenvalue weighted by Gasteiger charge is 2.27. The maximum atomic E-state index is 12.6. The normalized spacial score (nSPS) is 15.2. The Hall–Kier alpha value is -3.53. The summed E-state index contributed by atoms with van der Waals surface area (Å²) in [5.74, 6) is 0.0641. The van der Waals surface area contributed by atoms with Gasteiger partial charge in [-0.2, -0.15) is 0 Å². The van der Waals surface area contributed by atoms with Gasteiger partial charge < -0.3 is 15.0 Å². The van der Waals surface area contributed by atoms with Crippen LogP contribution in [0.2, 0.25) is 0 Å². The quantitative estimate of drug-likeness (QED) is 0.406. The van der Waals surface area contributed by atoms with E-state index in [1.807, 2.05) is 4.90 Å². The summed E-state index contributed by atoms with van der Waals surface area (Å²) in [7, 11) is 0. The number of nitrogens with zero attached hydrogens (tertiary/aromatic N) is 4. The Morgan fingerprint density at radius 3 is 2.52 bits per heavy atom. The fourth-order valence-electron chi connectivity index (χ4n) is 3.39. The van der Waals surface area contributed by atoms with E-state index in [9.17, 15) is 19.7 Å². The molecule has 1 atom stereocenters. The monoisotopic (exact) mass is 427 g/mol. The molecule has 1 aliphatic rings. The lowest BCUT2D eigenvalue weighted by molar-refractivity contribution is -0.383. The van der Waals surface area contributed by atoms with E-state index in [-0.39, 0.29) is 17.3 Å². The van der Waals surface area contributed by atoms with Crippen LogP contribution >= 0.6 is 0 Å². The number of nitro benzene ring substituents is 1. The third kappa shape index (κ3) is 5.34. The molecule has 10 nitrogen and oxygen atoms in total. The van der Waals surface area contributed by atoms with Crippen LogP contribution in [-0.2, 0) is 9.53 Å². The smallest absolute Gasteiger partial charge is 0.339 e. The highest BCUT2D eigenvalue weighted by atomic mass is 16.6. The Balaban J connectivity index is 1.56. The van der Waals surface area contributed by atoms with Gasteiger partial charge in [-0.1, -0.05) is 12.1 Å². The molecule has 1 unspecified atom stereocenters. The number of anilines is 2. The zero-order chi connectivity index (χ0) is 22.4. The Morgan fingerprint density at radius 2 is 1.90 bits per heavy atom. The third-order valence-corrected chi connectivity index (χ3v) is 5.18. The number of pyridine rings is 1.